The number of carbonyl (C=O) groups is 3. The molecule has 4 atom stereocenters. The van der Waals surface area contributed by atoms with Crippen molar-refractivity contribution in [2.45, 2.75) is 65.1 Å². The number of nitrogens with one attached hydrogen (secondary N) is 1. The van der Waals surface area contributed by atoms with Gasteiger partial charge in [0.25, 0.3) is 5.91 Å². The number of amides is 2. The molecule has 3 heterocycles. The average Bonchev–Trinajstić information content (AvgIpc) is 3.62. The summed E-state index contributed by atoms with van der Waals surface area (Å²) < 4.78 is 20.4. The zero-order valence-electron chi connectivity index (χ0n) is 23.5. The van der Waals surface area contributed by atoms with Gasteiger partial charge in [0.05, 0.1) is 5.92 Å². The van der Waals surface area contributed by atoms with Crippen LogP contribution in [0.2, 0.25) is 0 Å². The number of thiazole rings is 1. The molecule has 0 unspecified atom stereocenters. The van der Waals surface area contributed by atoms with Crippen molar-refractivity contribution in [3.05, 3.63) is 35.0 Å². The van der Waals surface area contributed by atoms with Gasteiger partial charge in [-0.1, -0.05) is 57.1 Å². The number of anilines is 1. The van der Waals surface area contributed by atoms with Gasteiger partial charge in [-0.05, 0) is 37.3 Å². The second kappa shape index (κ2) is 12.9. The lowest BCUT2D eigenvalue weighted by Gasteiger charge is -2.28. The first-order chi connectivity index (χ1) is 19.2. The van der Waals surface area contributed by atoms with Crippen LogP contribution in [0, 0.1) is 29.3 Å². The number of hydrogen-bond acceptors (Lipinski definition) is 7. The second-order valence-electron chi connectivity index (χ2n) is 10.8. The molecule has 1 aromatic heterocycles. The van der Waals surface area contributed by atoms with Gasteiger partial charge in [-0.15, -0.1) is 6.42 Å². The standard InChI is InChI=1S/C30H37FN4O4S/c1-6-13-34(14-7-2)30-33-24(27(31)40-30)20-9-11-21(12-10-20)28(37)32-22(15-18(4)5)29(38)35-16-19(8-3)26-25(35)23(36)17-39-26/h3,9-12,18-19,22,25-26H,6-7,13-17H2,1-2,4-5H3,(H,32,37)/t19-,22+,25-,26-/m1/s1. The third-order valence-electron chi connectivity index (χ3n) is 7.25. The molecule has 0 aliphatic carbocycles. The fraction of sp³-hybridized carbons (Fsp3) is 0.533. The van der Waals surface area contributed by atoms with Crippen LogP contribution in [0.25, 0.3) is 11.3 Å². The number of Topliss-reactive ketones (excluding diaryl/α,β-unsaturated/α-hetero) is 1. The van der Waals surface area contributed by atoms with Crippen molar-refractivity contribution in [3.8, 4) is 23.6 Å². The van der Waals surface area contributed by atoms with E-state index in [1.807, 2.05) is 13.8 Å². The number of rotatable bonds is 11. The number of ether oxygens (including phenoxy) is 1. The van der Waals surface area contributed by atoms with Gasteiger partial charge in [-0.2, -0.15) is 4.39 Å². The summed E-state index contributed by atoms with van der Waals surface area (Å²) in [5.41, 5.74) is 1.16. The molecular formula is C30H37FN4O4S. The lowest BCUT2D eigenvalue weighted by Crippen LogP contribution is -2.52. The summed E-state index contributed by atoms with van der Waals surface area (Å²) >= 11 is 1.03. The molecule has 1 N–H and O–H groups in total. The van der Waals surface area contributed by atoms with Crippen molar-refractivity contribution in [1.82, 2.24) is 15.2 Å². The van der Waals surface area contributed by atoms with Gasteiger partial charge >= 0.3 is 0 Å². The van der Waals surface area contributed by atoms with E-state index in [2.05, 4.69) is 35.0 Å². The molecule has 0 saturated carbocycles. The van der Waals surface area contributed by atoms with Gasteiger partial charge in [0.15, 0.2) is 10.9 Å². The maximum absolute atomic E-state index is 14.9. The van der Waals surface area contributed by atoms with E-state index < -0.39 is 24.1 Å². The monoisotopic (exact) mass is 568 g/mol. The van der Waals surface area contributed by atoms with Crippen LogP contribution in [-0.4, -0.2) is 71.9 Å². The zero-order chi connectivity index (χ0) is 29.0. The van der Waals surface area contributed by atoms with Crippen LogP contribution in [0.15, 0.2) is 24.3 Å². The molecular weight excluding hydrogens is 531 g/mol. The molecule has 214 valence electrons. The summed E-state index contributed by atoms with van der Waals surface area (Å²) in [4.78, 5) is 47.4. The van der Waals surface area contributed by atoms with Gasteiger partial charge < -0.3 is 19.9 Å². The number of benzene rings is 1. The first kappa shape index (κ1) is 29.7. The predicted octanol–water partition coefficient (Wildman–Crippen LogP) is 4.15. The maximum Gasteiger partial charge on any atom is 0.251 e. The quantitative estimate of drug-likeness (QED) is 0.410. The highest BCUT2D eigenvalue weighted by Gasteiger charge is 2.52. The van der Waals surface area contributed by atoms with Crippen LogP contribution >= 0.6 is 11.3 Å². The summed E-state index contributed by atoms with van der Waals surface area (Å²) in [6.45, 7) is 9.83. The van der Waals surface area contributed by atoms with E-state index in [-0.39, 0.29) is 47.5 Å². The van der Waals surface area contributed by atoms with Gasteiger partial charge in [-0.3, -0.25) is 14.4 Å². The minimum atomic E-state index is -0.834. The SMILES string of the molecule is C#C[C@@H]1CN(C(=O)[C@H](CC(C)C)NC(=O)c2ccc(-c3nc(N(CCC)CCC)sc3F)cc2)[C@@H]2C(=O)CO[C@H]12. The highest BCUT2D eigenvalue weighted by atomic mass is 32.1. The van der Waals surface area contributed by atoms with Crippen molar-refractivity contribution in [2.75, 3.05) is 31.1 Å². The summed E-state index contributed by atoms with van der Waals surface area (Å²) in [7, 11) is 0. The van der Waals surface area contributed by atoms with Crippen LogP contribution in [0.5, 0.6) is 0 Å². The predicted molar refractivity (Wildman–Crippen MR) is 154 cm³/mol. The van der Waals surface area contributed by atoms with Crippen LogP contribution in [0.4, 0.5) is 9.52 Å². The third-order valence-corrected chi connectivity index (χ3v) is 8.15. The van der Waals surface area contributed by atoms with Gasteiger partial charge in [0, 0.05) is 30.8 Å². The number of terminal acetylenes is 1. The molecule has 2 fully saturated rings. The average molecular weight is 569 g/mol. The molecule has 8 nitrogen and oxygen atoms in total. The lowest BCUT2D eigenvalue weighted by atomic mass is 10.0. The molecule has 2 aliphatic rings. The normalized spacial score (nSPS) is 20.9. The summed E-state index contributed by atoms with van der Waals surface area (Å²) in [5.74, 6) is 1.43. The van der Waals surface area contributed by atoms with Gasteiger partial charge in [-0.25, -0.2) is 4.98 Å². The summed E-state index contributed by atoms with van der Waals surface area (Å²) in [6, 6.07) is 4.98. The number of hydrogen-bond donors (Lipinski definition) is 1. The highest BCUT2D eigenvalue weighted by Crippen LogP contribution is 2.33. The van der Waals surface area contributed by atoms with E-state index in [1.165, 1.54) is 4.90 Å². The Morgan fingerprint density at radius 1 is 1.25 bits per heavy atom. The number of aromatic nitrogens is 1. The number of carbonyl (C=O) groups excluding carboxylic acids is 3. The molecule has 2 amide bonds. The second-order valence-corrected chi connectivity index (χ2v) is 11.7. The van der Waals surface area contributed by atoms with Crippen molar-refractivity contribution >= 4 is 34.1 Å². The van der Waals surface area contributed by atoms with Crippen molar-refractivity contribution in [1.29, 1.82) is 0 Å². The van der Waals surface area contributed by atoms with Crippen LogP contribution in [-0.2, 0) is 14.3 Å². The molecule has 0 bridgehead atoms. The molecule has 4 rings (SSSR count). The van der Waals surface area contributed by atoms with E-state index in [1.54, 1.807) is 24.3 Å². The van der Waals surface area contributed by atoms with Crippen molar-refractivity contribution in [3.63, 3.8) is 0 Å². The van der Waals surface area contributed by atoms with Crippen LogP contribution in [0.1, 0.15) is 57.3 Å². The third kappa shape index (κ3) is 6.21. The van der Waals surface area contributed by atoms with Crippen LogP contribution < -0.4 is 10.2 Å². The van der Waals surface area contributed by atoms with Crippen molar-refractivity contribution < 1.29 is 23.5 Å². The fourth-order valence-corrected chi connectivity index (χ4v) is 6.26. The van der Waals surface area contributed by atoms with E-state index in [0.29, 0.717) is 22.7 Å². The maximum atomic E-state index is 14.9. The molecule has 1 aromatic carbocycles. The molecule has 40 heavy (non-hydrogen) atoms. The van der Waals surface area contributed by atoms with Gasteiger partial charge in [0.1, 0.15) is 30.5 Å². The number of fused-ring (bicyclic) bond motifs is 1. The number of nitrogens with zero attached hydrogens (tertiary/aromatic N) is 3. The largest absolute Gasteiger partial charge is 0.366 e. The highest BCUT2D eigenvalue weighted by molar-refractivity contribution is 7.14. The topological polar surface area (TPSA) is 91.8 Å². The molecule has 0 radical (unpaired) electrons. The first-order valence-corrected chi connectivity index (χ1v) is 14.7. The first-order valence-electron chi connectivity index (χ1n) is 13.9. The zero-order valence-corrected chi connectivity index (χ0v) is 24.3. The number of halogens is 1. The summed E-state index contributed by atoms with van der Waals surface area (Å²) in [5, 5.41) is 3.14. The Kier molecular flexibility index (Phi) is 9.59. The smallest absolute Gasteiger partial charge is 0.251 e. The Morgan fingerprint density at radius 3 is 2.52 bits per heavy atom. The summed E-state index contributed by atoms with van der Waals surface area (Å²) in [6.07, 6.45) is 7.40. The Bertz CT molecular complexity index is 1270. The van der Waals surface area contributed by atoms with Crippen LogP contribution in [0.3, 0.4) is 0 Å². The molecule has 10 heteroatoms. The van der Waals surface area contributed by atoms with Crippen molar-refractivity contribution in [2.24, 2.45) is 11.8 Å². The van der Waals surface area contributed by atoms with E-state index in [0.717, 1.165) is 37.3 Å². The minimum absolute atomic E-state index is 0.0683. The van der Waals surface area contributed by atoms with E-state index >= 15 is 0 Å². The molecule has 2 aliphatic heterocycles. The van der Waals surface area contributed by atoms with Gasteiger partial charge in [0.2, 0.25) is 11.0 Å². The van der Waals surface area contributed by atoms with E-state index in [4.69, 9.17) is 11.2 Å². The Hall–Kier alpha value is -3.29. The molecule has 2 aromatic rings. The fourth-order valence-electron chi connectivity index (χ4n) is 5.39. The van der Waals surface area contributed by atoms with E-state index in [9.17, 15) is 18.8 Å². The molecule has 2 saturated heterocycles. The number of ketones is 1. The Morgan fingerprint density at radius 2 is 1.93 bits per heavy atom. The molecule has 0 spiro atoms. The Balaban J connectivity index is 1.49. The number of likely N-dealkylation sites (tertiary alicyclic amines) is 1. The minimum Gasteiger partial charge on any atom is -0.366 e. The lowest BCUT2D eigenvalue weighted by molar-refractivity contribution is -0.138. The Labute approximate surface area is 239 Å².